The summed E-state index contributed by atoms with van der Waals surface area (Å²) >= 11 is 1.53. The summed E-state index contributed by atoms with van der Waals surface area (Å²) in [5.74, 6) is 0.942. The van der Waals surface area contributed by atoms with Gasteiger partial charge in [0.25, 0.3) is 10.0 Å². The molecule has 0 heterocycles. The summed E-state index contributed by atoms with van der Waals surface area (Å²) in [6.07, 6.45) is 1.92. The van der Waals surface area contributed by atoms with Crippen LogP contribution in [0.5, 0.6) is 11.5 Å². The molecule has 0 saturated carbocycles. The van der Waals surface area contributed by atoms with Crippen molar-refractivity contribution in [3.8, 4) is 11.5 Å². The van der Waals surface area contributed by atoms with E-state index >= 15 is 0 Å². The number of carbonyl (C=O) groups is 1. The molecule has 7 nitrogen and oxygen atoms in total. The zero-order valence-electron chi connectivity index (χ0n) is 19.4. The smallest absolute Gasteiger partial charge is 0.264 e. The Bertz CT molecular complexity index is 1180. The maximum absolute atomic E-state index is 13.4. The van der Waals surface area contributed by atoms with Crippen molar-refractivity contribution in [2.24, 2.45) is 0 Å². The standard InChI is InChI=1S/C25H28N2O5S2/c1-19-4-6-20(7-5-19)27(34(29,30)24-14-12-23(33-3)13-15-24)18-25(28)26-16-17-32-22-10-8-21(31-2)9-11-22/h4-15H,16-18H2,1-3H3,(H,26,28). The van der Waals surface area contributed by atoms with E-state index in [1.165, 1.54) is 11.8 Å². The lowest BCUT2D eigenvalue weighted by Crippen LogP contribution is -2.41. The van der Waals surface area contributed by atoms with Crippen molar-refractivity contribution in [2.45, 2.75) is 16.7 Å². The fourth-order valence-electron chi connectivity index (χ4n) is 3.12. The van der Waals surface area contributed by atoms with Gasteiger partial charge in [0, 0.05) is 4.90 Å². The van der Waals surface area contributed by atoms with Crippen LogP contribution in [0.4, 0.5) is 5.69 Å². The number of ether oxygens (including phenoxy) is 2. The van der Waals surface area contributed by atoms with Crippen molar-refractivity contribution in [1.29, 1.82) is 0 Å². The van der Waals surface area contributed by atoms with E-state index in [9.17, 15) is 13.2 Å². The van der Waals surface area contributed by atoms with Crippen LogP contribution >= 0.6 is 11.8 Å². The highest BCUT2D eigenvalue weighted by atomic mass is 32.2. The fraction of sp³-hybridized carbons (Fsp3) is 0.240. The Kier molecular flexibility index (Phi) is 8.84. The molecule has 0 fully saturated rings. The molecule has 3 rings (SSSR count). The van der Waals surface area contributed by atoms with Crippen LogP contribution in [0.25, 0.3) is 0 Å². The van der Waals surface area contributed by atoms with Crippen molar-refractivity contribution in [1.82, 2.24) is 5.32 Å². The van der Waals surface area contributed by atoms with Gasteiger partial charge in [-0.05, 0) is 73.8 Å². The lowest BCUT2D eigenvalue weighted by Gasteiger charge is -2.24. The molecule has 0 aliphatic rings. The molecule has 3 aromatic rings. The van der Waals surface area contributed by atoms with Crippen molar-refractivity contribution >= 4 is 33.4 Å². The molecule has 0 unspecified atom stereocenters. The summed E-state index contributed by atoms with van der Waals surface area (Å²) in [6.45, 7) is 2.04. The van der Waals surface area contributed by atoms with Crippen molar-refractivity contribution in [2.75, 3.05) is 37.4 Å². The van der Waals surface area contributed by atoms with Gasteiger partial charge in [-0.25, -0.2) is 8.42 Å². The van der Waals surface area contributed by atoms with E-state index in [2.05, 4.69) is 5.32 Å². The predicted octanol–water partition coefficient (Wildman–Crippen LogP) is 4.12. The van der Waals surface area contributed by atoms with E-state index in [0.717, 1.165) is 20.5 Å². The molecule has 1 amide bonds. The lowest BCUT2D eigenvalue weighted by atomic mass is 10.2. The minimum atomic E-state index is -3.95. The summed E-state index contributed by atoms with van der Waals surface area (Å²) < 4.78 is 38.7. The number of nitrogens with zero attached hydrogens (tertiary/aromatic N) is 1. The quantitative estimate of drug-likeness (QED) is 0.315. The molecule has 0 aliphatic heterocycles. The Labute approximate surface area is 205 Å². The van der Waals surface area contributed by atoms with Gasteiger partial charge in [0.15, 0.2) is 0 Å². The minimum absolute atomic E-state index is 0.126. The number of aryl methyl sites for hydroxylation is 1. The Balaban J connectivity index is 1.68. The molecule has 0 spiro atoms. The second-order valence-electron chi connectivity index (χ2n) is 7.40. The van der Waals surface area contributed by atoms with E-state index in [0.29, 0.717) is 11.4 Å². The third kappa shape index (κ3) is 6.68. The lowest BCUT2D eigenvalue weighted by molar-refractivity contribution is -0.119. The molecular formula is C25H28N2O5S2. The average Bonchev–Trinajstić information content (AvgIpc) is 2.86. The molecule has 0 radical (unpaired) electrons. The van der Waals surface area contributed by atoms with Gasteiger partial charge in [0.2, 0.25) is 5.91 Å². The van der Waals surface area contributed by atoms with Crippen LogP contribution in [-0.2, 0) is 14.8 Å². The molecule has 34 heavy (non-hydrogen) atoms. The number of rotatable bonds is 11. The van der Waals surface area contributed by atoms with E-state index in [1.807, 2.05) is 25.3 Å². The first-order chi connectivity index (χ1) is 16.3. The Morgan fingerprint density at radius 3 is 2.15 bits per heavy atom. The van der Waals surface area contributed by atoms with Crippen molar-refractivity contribution < 1.29 is 22.7 Å². The fourth-order valence-corrected chi connectivity index (χ4v) is 4.95. The van der Waals surface area contributed by atoms with Gasteiger partial charge >= 0.3 is 0 Å². The van der Waals surface area contributed by atoms with Gasteiger partial charge in [-0.2, -0.15) is 0 Å². The van der Waals surface area contributed by atoms with E-state index in [1.54, 1.807) is 67.8 Å². The van der Waals surface area contributed by atoms with Crippen LogP contribution in [0.1, 0.15) is 5.56 Å². The molecule has 0 aliphatic carbocycles. The summed E-state index contributed by atoms with van der Waals surface area (Å²) in [5.41, 5.74) is 1.41. The molecule has 1 N–H and O–H groups in total. The molecule has 9 heteroatoms. The number of anilines is 1. The van der Waals surface area contributed by atoms with E-state index < -0.39 is 15.9 Å². The van der Waals surface area contributed by atoms with Crippen LogP contribution < -0.4 is 19.1 Å². The number of thioether (sulfide) groups is 1. The number of benzene rings is 3. The average molecular weight is 501 g/mol. The summed E-state index contributed by atoms with van der Waals surface area (Å²) in [4.78, 5) is 13.8. The van der Waals surface area contributed by atoms with Crippen LogP contribution in [0.2, 0.25) is 0 Å². The Morgan fingerprint density at radius 2 is 1.56 bits per heavy atom. The number of sulfonamides is 1. The Morgan fingerprint density at radius 1 is 0.941 bits per heavy atom. The third-order valence-corrected chi connectivity index (χ3v) is 7.54. The van der Waals surface area contributed by atoms with Gasteiger partial charge in [0.1, 0.15) is 24.7 Å². The summed E-state index contributed by atoms with van der Waals surface area (Å²) in [6, 6.07) is 20.8. The molecule has 180 valence electrons. The zero-order valence-corrected chi connectivity index (χ0v) is 21.0. The minimum Gasteiger partial charge on any atom is -0.497 e. The van der Waals surface area contributed by atoms with Gasteiger partial charge < -0.3 is 14.8 Å². The van der Waals surface area contributed by atoms with Crippen LogP contribution in [0, 0.1) is 6.92 Å². The van der Waals surface area contributed by atoms with Crippen LogP contribution in [0.15, 0.2) is 82.6 Å². The van der Waals surface area contributed by atoms with E-state index in [4.69, 9.17) is 9.47 Å². The highest BCUT2D eigenvalue weighted by Gasteiger charge is 2.27. The second-order valence-corrected chi connectivity index (χ2v) is 10.1. The zero-order chi connectivity index (χ0) is 24.6. The first kappa shape index (κ1) is 25.5. The van der Waals surface area contributed by atoms with E-state index in [-0.39, 0.29) is 24.6 Å². The largest absolute Gasteiger partial charge is 0.497 e. The van der Waals surface area contributed by atoms with Gasteiger partial charge in [-0.15, -0.1) is 11.8 Å². The van der Waals surface area contributed by atoms with Crippen molar-refractivity contribution in [3.63, 3.8) is 0 Å². The maximum Gasteiger partial charge on any atom is 0.264 e. The second kappa shape index (κ2) is 11.8. The molecule has 3 aromatic carbocycles. The highest BCUT2D eigenvalue weighted by Crippen LogP contribution is 2.25. The monoisotopic (exact) mass is 500 g/mol. The van der Waals surface area contributed by atoms with Gasteiger partial charge in [-0.1, -0.05) is 17.7 Å². The Hall–Kier alpha value is -3.17. The van der Waals surface area contributed by atoms with Gasteiger partial charge in [-0.3, -0.25) is 9.10 Å². The predicted molar refractivity (Wildman–Crippen MR) is 135 cm³/mol. The third-order valence-electron chi connectivity index (χ3n) is 5.01. The number of hydrogen-bond donors (Lipinski definition) is 1. The number of methoxy groups -OCH3 is 1. The highest BCUT2D eigenvalue weighted by molar-refractivity contribution is 7.98. The summed E-state index contributed by atoms with van der Waals surface area (Å²) in [5, 5.41) is 2.73. The maximum atomic E-state index is 13.4. The number of amides is 1. The molecule has 0 bridgehead atoms. The summed E-state index contributed by atoms with van der Waals surface area (Å²) in [7, 11) is -2.36. The number of hydrogen-bond acceptors (Lipinski definition) is 6. The van der Waals surface area contributed by atoms with Crippen molar-refractivity contribution in [3.05, 3.63) is 78.4 Å². The first-order valence-corrected chi connectivity index (χ1v) is 13.3. The molecule has 0 saturated heterocycles. The van der Waals surface area contributed by atoms with Crippen LogP contribution in [0.3, 0.4) is 0 Å². The molecular weight excluding hydrogens is 472 g/mol. The van der Waals surface area contributed by atoms with Gasteiger partial charge in [0.05, 0.1) is 24.2 Å². The SMILES string of the molecule is COc1ccc(OCCNC(=O)CN(c2ccc(C)cc2)S(=O)(=O)c2ccc(SC)cc2)cc1. The normalized spacial score (nSPS) is 11.0. The van der Waals surface area contributed by atoms with Crippen LogP contribution in [-0.4, -0.2) is 47.4 Å². The molecule has 0 atom stereocenters. The molecule has 0 aromatic heterocycles. The topological polar surface area (TPSA) is 84.9 Å². The number of carbonyl (C=O) groups excluding carboxylic acids is 1. The number of nitrogens with one attached hydrogen (secondary N) is 1. The first-order valence-electron chi connectivity index (χ1n) is 10.6.